The van der Waals surface area contributed by atoms with E-state index < -0.39 is 5.97 Å². The van der Waals surface area contributed by atoms with Crippen LogP contribution in [-0.4, -0.2) is 48.7 Å². The van der Waals surface area contributed by atoms with E-state index >= 15 is 0 Å². The first-order chi connectivity index (χ1) is 10.1. The zero-order chi connectivity index (χ0) is 15.2. The summed E-state index contributed by atoms with van der Waals surface area (Å²) in [6.45, 7) is 1.11. The molecule has 6 nitrogen and oxygen atoms in total. The van der Waals surface area contributed by atoms with Gasteiger partial charge in [0.05, 0.1) is 7.11 Å². The number of phenols is 1. The van der Waals surface area contributed by atoms with Gasteiger partial charge in [-0.2, -0.15) is 0 Å². The Hall–Kier alpha value is -2.24. The summed E-state index contributed by atoms with van der Waals surface area (Å²) < 4.78 is 9.96. The average Bonchev–Trinajstić information content (AvgIpc) is 2.53. The molecule has 21 heavy (non-hydrogen) atoms. The first-order valence-electron chi connectivity index (χ1n) is 6.93. The Bertz CT molecular complexity index is 523. The predicted octanol–water partition coefficient (Wildman–Crippen LogP) is 1.57. The van der Waals surface area contributed by atoms with Crippen LogP contribution in [0.5, 0.6) is 11.5 Å². The molecule has 1 aliphatic heterocycles. The number of rotatable bonds is 4. The lowest BCUT2D eigenvalue weighted by Gasteiger charge is -2.26. The van der Waals surface area contributed by atoms with Gasteiger partial charge in [-0.05, 0) is 37.5 Å². The molecule has 6 heteroatoms. The predicted molar refractivity (Wildman–Crippen MR) is 75.4 cm³/mol. The highest BCUT2D eigenvalue weighted by Gasteiger charge is 2.20. The lowest BCUT2D eigenvalue weighted by Crippen LogP contribution is -2.38. The Labute approximate surface area is 123 Å². The van der Waals surface area contributed by atoms with Crippen molar-refractivity contribution in [3.8, 4) is 11.5 Å². The third kappa shape index (κ3) is 3.87. The van der Waals surface area contributed by atoms with Gasteiger partial charge in [-0.25, -0.2) is 4.79 Å². The molecule has 1 heterocycles. The molecule has 0 unspecified atom stereocenters. The first-order valence-corrected chi connectivity index (χ1v) is 6.93. The molecule has 1 fully saturated rings. The molecule has 0 atom stereocenters. The molecule has 0 aliphatic carbocycles. The Morgan fingerprint density at radius 1 is 1.24 bits per heavy atom. The maximum absolute atomic E-state index is 11.9. The van der Waals surface area contributed by atoms with Gasteiger partial charge in [0.1, 0.15) is 17.1 Å². The zero-order valence-electron chi connectivity index (χ0n) is 12.0. The fourth-order valence-electron chi connectivity index (χ4n) is 2.25. The number of esters is 1. The lowest BCUT2D eigenvalue weighted by atomic mass is 10.1. The van der Waals surface area contributed by atoms with E-state index in [-0.39, 0.29) is 23.8 Å². The van der Waals surface area contributed by atoms with E-state index in [1.54, 1.807) is 4.90 Å². The number of carbonyl (C=O) groups is 2. The molecular weight excluding hydrogens is 274 g/mol. The van der Waals surface area contributed by atoms with Crippen molar-refractivity contribution in [1.82, 2.24) is 4.90 Å². The molecular formula is C15H19NO5. The molecule has 0 spiro atoms. The van der Waals surface area contributed by atoms with E-state index in [4.69, 9.17) is 9.47 Å². The number of carbonyl (C=O) groups excluding carboxylic acids is 2. The second-order valence-corrected chi connectivity index (χ2v) is 4.90. The Balaban J connectivity index is 1.93. The minimum Gasteiger partial charge on any atom is -0.507 e. The topological polar surface area (TPSA) is 76.1 Å². The molecule has 1 N–H and O–H groups in total. The van der Waals surface area contributed by atoms with Crippen LogP contribution in [0.1, 0.15) is 29.6 Å². The fraction of sp³-hybridized carbons (Fsp3) is 0.467. The monoisotopic (exact) mass is 293 g/mol. The molecule has 1 aromatic rings. The number of hydrogen-bond acceptors (Lipinski definition) is 5. The van der Waals surface area contributed by atoms with Crippen molar-refractivity contribution < 1.29 is 24.2 Å². The van der Waals surface area contributed by atoms with E-state index in [1.807, 2.05) is 0 Å². The summed E-state index contributed by atoms with van der Waals surface area (Å²) in [4.78, 5) is 25.5. The highest BCUT2D eigenvalue weighted by molar-refractivity contribution is 5.94. The van der Waals surface area contributed by atoms with Crippen molar-refractivity contribution in [2.45, 2.75) is 19.3 Å². The van der Waals surface area contributed by atoms with Crippen LogP contribution in [0.25, 0.3) is 0 Å². The van der Waals surface area contributed by atoms with Crippen LogP contribution >= 0.6 is 0 Å². The lowest BCUT2D eigenvalue weighted by molar-refractivity contribution is -0.135. The standard InChI is InChI=1S/C15H19NO5/c1-20-11-5-6-13(17)12(9-11)15(19)21-10-14(18)16-7-3-2-4-8-16/h5-6,9,17H,2-4,7-8,10H2,1H3. The quantitative estimate of drug-likeness (QED) is 0.853. The number of amides is 1. The summed E-state index contributed by atoms with van der Waals surface area (Å²) in [6.07, 6.45) is 3.09. The van der Waals surface area contributed by atoms with E-state index in [0.29, 0.717) is 18.8 Å². The van der Waals surface area contributed by atoms with Gasteiger partial charge in [0.2, 0.25) is 0 Å². The SMILES string of the molecule is COc1ccc(O)c(C(=O)OCC(=O)N2CCCCC2)c1. The molecule has 1 aromatic carbocycles. The molecule has 2 rings (SSSR count). The van der Waals surface area contributed by atoms with Crippen LogP contribution in [0.3, 0.4) is 0 Å². The largest absolute Gasteiger partial charge is 0.507 e. The number of aromatic hydroxyl groups is 1. The Morgan fingerprint density at radius 2 is 1.95 bits per heavy atom. The molecule has 1 saturated heterocycles. The number of methoxy groups -OCH3 is 1. The average molecular weight is 293 g/mol. The van der Waals surface area contributed by atoms with Crippen LogP contribution < -0.4 is 4.74 Å². The third-order valence-electron chi connectivity index (χ3n) is 3.46. The molecule has 1 amide bonds. The van der Waals surface area contributed by atoms with Crippen molar-refractivity contribution in [3.05, 3.63) is 23.8 Å². The Kier molecular flexibility index (Phi) is 5.03. The molecule has 114 valence electrons. The van der Waals surface area contributed by atoms with Gasteiger partial charge in [0, 0.05) is 13.1 Å². The smallest absolute Gasteiger partial charge is 0.342 e. The fourth-order valence-corrected chi connectivity index (χ4v) is 2.25. The van der Waals surface area contributed by atoms with Crippen molar-refractivity contribution in [2.24, 2.45) is 0 Å². The Morgan fingerprint density at radius 3 is 2.62 bits per heavy atom. The van der Waals surface area contributed by atoms with Crippen molar-refractivity contribution in [1.29, 1.82) is 0 Å². The minimum absolute atomic E-state index is 0.0132. The van der Waals surface area contributed by atoms with Gasteiger partial charge < -0.3 is 19.5 Å². The van der Waals surface area contributed by atoms with Gasteiger partial charge in [0.25, 0.3) is 5.91 Å². The van der Waals surface area contributed by atoms with Crippen LogP contribution in [0, 0.1) is 0 Å². The highest BCUT2D eigenvalue weighted by atomic mass is 16.5. The zero-order valence-corrected chi connectivity index (χ0v) is 12.0. The molecule has 1 aliphatic rings. The second-order valence-electron chi connectivity index (χ2n) is 4.90. The highest BCUT2D eigenvalue weighted by Crippen LogP contribution is 2.23. The maximum Gasteiger partial charge on any atom is 0.342 e. The number of piperidine rings is 1. The number of hydrogen-bond donors (Lipinski definition) is 1. The summed E-state index contributed by atoms with van der Waals surface area (Å²) in [6, 6.07) is 4.26. The van der Waals surface area contributed by atoms with Crippen LogP contribution in [-0.2, 0) is 9.53 Å². The van der Waals surface area contributed by atoms with Gasteiger partial charge >= 0.3 is 5.97 Å². The normalized spacial score (nSPS) is 14.6. The number of likely N-dealkylation sites (tertiary alicyclic amines) is 1. The molecule has 0 bridgehead atoms. The number of ether oxygens (including phenoxy) is 2. The van der Waals surface area contributed by atoms with Gasteiger partial charge in [-0.15, -0.1) is 0 Å². The van der Waals surface area contributed by atoms with Crippen molar-refractivity contribution in [3.63, 3.8) is 0 Å². The van der Waals surface area contributed by atoms with Crippen LogP contribution in [0.2, 0.25) is 0 Å². The molecule has 0 radical (unpaired) electrons. The van der Waals surface area contributed by atoms with Gasteiger partial charge in [-0.1, -0.05) is 0 Å². The van der Waals surface area contributed by atoms with Crippen LogP contribution in [0.4, 0.5) is 0 Å². The van der Waals surface area contributed by atoms with Crippen molar-refractivity contribution >= 4 is 11.9 Å². The number of phenolic OH excluding ortho intramolecular Hbond substituents is 1. The molecule has 0 aromatic heterocycles. The van der Waals surface area contributed by atoms with E-state index in [1.165, 1.54) is 25.3 Å². The van der Waals surface area contributed by atoms with E-state index in [9.17, 15) is 14.7 Å². The van der Waals surface area contributed by atoms with Crippen LogP contribution in [0.15, 0.2) is 18.2 Å². The van der Waals surface area contributed by atoms with Crippen molar-refractivity contribution in [2.75, 3.05) is 26.8 Å². The summed E-state index contributed by atoms with van der Waals surface area (Å²) in [5.41, 5.74) is -0.0132. The number of nitrogens with zero attached hydrogens (tertiary/aromatic N) is 1. The minimum atomic E-state index is -0.739. The second kappa shape index (κ2) is 6.97. The summed E-state index contributed by atoms with van der Waals surface area (Å²) in [7, 11) is 1.46. The van der Waals surface area contributed by atoms with E-state index in [0.717, 1.165) is 19.3 Å². The maximum atomic E-state index is 11.9. The summed E-state index contributed by atoms with van der Waals surface area (Å²) >= 11 is 0. The first kappa shape index (κ1) is 15.2. The van der Waals surface area contributed by atoms with E-state index in [2.05, 4.69) is 0 Å². The third-order valence-corrected chi connectivity index (χ3v) is 3.46. The van der Waals surface area contributed by atoms with Gasteiger partial charge in [0.15, 0.2) is 6.61 Å². The summed E-state index contributed by atoms with van der Waals surface area (Å²) in [5.74, 6) is -0.712. The molecule has 0 saturated carbocycles. The number of benzene rings is 1. The summed E-state index contributed by atoms with van der Waals surface area (Å²) in [5, 5.41) is 9.66. The van der Waals surface area contributed by atoms with Gasteiger partial charge in [-0.3, -0.25) is 4.79 Å².